The Balaban J connectivity index is 2.12. The average molecular weight is 390 g/mol. The fourth-order valence-electron chi connectivity index (χ4n) is 2.58. The molecule has 2 N–H and O–H groups in total. The third kappa shape index (κ3) is 5.55. The molecule has 0 aliphatic heterocycles. The summed E-state index contributed by atoms with van der Waals surface area (Å²) in [6, 6.07) is 5.63. The number of nitrogens with zero attached hydrogens (tertiary/aromatic N) is 2. The van der Waals surface area contributed by atoms with Gasteiger partial charge in [0.2, 0.25) is 0 Å². The highest BCUT2D eigenvalue weighted by Gasteiger charge is 2.12. The SMILES string of the molecule is CCNC(=NCc1cc(OC)c(OC)cc1OC)NCc1cc(C(C)C)no1. The first-order valence-corrected chi connectivity index (χ1v) is 9.28. The second-order valence-electron chi connectivity index (χ2n) is 6.44. The van der Waals surface area contributed by atoms with E-state index in [1.165, 1.54) is 0 Å². The fraction of sp³-hybridized carbons (Fsp3) is 0.500. The van der Waals surface area contributed by atoms with Gasteiger partial charge in [-0.3, -0.25) is 0 Å². The lowest BCUT2D eigenvalue weighted by atomic mass is 10.1. The predicted molar refractivity (Wildman–Crippen MR) is 108 cm³/mol. The van der Waals surface area contributed by atoms with E-state index in [4.69, 9.17) is 18.7 Å². The zero-order valence-electron chi connectivity index (χ0n) is 17.5. The number of methoxy groups -OCH3 is 3. The van der Waals surface area contributed by atoms with E-state index in [9.17, 15) is 0 Å². The van der Waals surface area contributed by atoms with Crippen molar-refractivity contribution in [2.45, 2.75) is 39.8 Å². The molecule has 2 aromatic rings. The molecule has 0 spiro atoms. The monoisotopic (exact) mass is 390 g/mol. The molecule has 8 nitrogen and oxygen atoms in total. The highest BCUT2D eigenvalue weighted by atomic mass is 16.5. The molecule has 0 saturated carbocycles. The van der Waals surface area contributed by atoms with Crippen LogP contribution in [0.3, 0.4) is 0 Å². The minimum Gasteiger partial charge on any atom is -0.496 e. The maximum Gasteiger partial charge on any atom is 0.191 e. The number of hydrogen-bond acceptors (Lipinski definition) is 6. The molecule has 0 radical (unpaired) electrons. The lowest BCUT2D eigenvalue weighted by molar-refractivity contribution is 0.347. The molecule has 154 valence electrons. The molecule has 8 heteroatoms. The second-order valence-corrected chi connectivity index (χ2v) is 6.44. The van der Waals surface area contributed by atoms with Crippen LogP contribution in [0.15, 0.2) is 27.7 Å². The minimum atomic E-state index is 0.330. The molecule has 0 fully saturated rings. The first kappa shape index (κ1) is 21.4. The molecule has 1 heterocycles. The van der Waals surface area contributed by atoms with E-state index in [-0.39, 0.29) is 0 Å². The van der Waals surface area contributed by atoms with Crippen LogP contribution in [0.4, 0.5) is 0 Å². The van der Waals surface area contributed by atoms with Gasteiger partial charge in [-0.05, 0) is 18.9 Å². The minimum absolute atomic E-state index is 0.330. The molecule has 0 amide bonds. The maximum absolute atomic E-state index is 5.47. The van der Waals surface area contributed by atoms with E-state index in [1.807, 2.05) is 19.1 Å². The second kappa shape index (κ2) is 10.4. The predicted octanol–water partition coefficient (Wildman–Crippen LogP) is 3.08. The lowest BCUT2D eigenvalue weighted by Crippen LogP contribution is -2.36. The number of aliphatic imine (C=N–C) groups is 1. The van der Waals surface area contributed by atoms with Crippen molar-refractivity contribution in [1.82, 2.24) is 15.8 Å². The van der Waals surface area contributed by atoms with Gasteiger partial charge in [0.1, 0.15) is 5.75 Å². The Morgan fingerprint density at radius 1 is 1.04 bits per heavy atom. The largest absolute Gasteiger partial charge is 0.496 e. The summed E-state index contributed by atoms with van der Waals surface area (Å²) in [5.74, 6) is 3.70. The zero-order valence-corrected chi connectivity index (χ0v) is 17.5. The molecule has 0 aliphatic carbocycles. The molecule has 0 aliphatic rings. The van der Waals surface area contributed by atoms with E-state index in [1.54, 1.807) is 27.4 Å². The number of rotatable bonds is 9. The summed E-state index contributed by atoms with van der Waals surface area (Å²) < 4.78 is 21.5. The van der Waals surface area contributed by atoms with Gasteiger partial charge >= 0.3 is 0 Å². The lowest BCUT2D eigenvalue weighted by Gasteiger charge is -2.14. The standard InChI is InChI=1S/C20H30N4O4/c1-7-21-20(23-12-15-9-16(13(2)3)24-28-15)22-11-14-8-18(26-5)19(27-6)10-17(14)25-4/h8-10,13H,7,11-12H2,1-6H3,(H2,21,22,23). The maximum atomic E-state index is 5.47. The number of benzene rings is 1. The third-order valence-electron chi connectivity index (χ3n) is 4.14. The Kier molecular flexibility index (Phi) is 7.98. The van der Waals surface area contributed by atoms with E-state index < -0.39 is 0 Å². The van der Waals surface area contributed by atoms with Crippen LogP contribution in [0, 0.1) is 0 Å². The summed E-state index contributed by atoms with van der Waals surface area (Å²) in [5.41, 5.74) is 1.83. The Hall–Kier alpha value is -2.90. The molecule has 2 rings (SSSR count). The molecule has 0 unspecified atom stereocenters. The van der Waals surface area contributed by atoms with Gasteiger partial charge in [-0.25, -0.2) is 4.99 Å². The van der Waals surface area contributed by atoms with Crippen molar-refractivity contribution in [1.29, 1.82) is 0 Å². The summed E-state index contributed by atoms with van der Waals surface area (Å²) in [7, 11) is 4.82. The summed E-state index contributed by atoms with van der Waals surface area (Å²) in [4.78, 5) is 4.64. The van der Waals surface area contributed by atoms with E-state index >= 15 is 0 Å². The number of nitrogens with one attached hydrogen (secondary N) is 2. The molecule has 0 saturated heterocycles. The van der Waals surface area contributed by atoms with Crippen molar-refractivity contribution in [3.05, 3.63) is 35.2 Å². The quantitative estimate of drug-likeness (QED) is 0.502. The van der Waals surface area contributed by atoms with Crippen LogP contribution in [-0.2, 0) is 13.1 Å². The summed E-state index contributed by atoms with van der Waals surface area (Å²) in [6.07, 6.45) is 0. The van der Waals surface area contributed by atoms with Crippen molar-refractivity contribution < 1.29 is 18.7 Å². The van der Waals surface area contributed by atoms with Crippen molar-refractivity contribution in [2.75, 3.05) is 27.9 Å². The molecular weight excluding hydrogens is 360 g/mol. The normalized spacial score (nSPS) is 11.5. The van der Waals surface area contributed by atoms with Crippen LogP contribution in [0.5, 0.6) is 17.2 Å². The van der Waals surface area contributed by atoms with Crippen molar-refractivity contribution in [3.8, 4) is 17.2 Å². The van der Waals surface area contributed by atoms with Gasteiger partial charge in [-0.2, -0.15) is 0 Å². The van der Waals surface area contributed by atoms with E-state index in [0.717, 1.165) is 23.6 Å². The van der Waals surface area contributed by atoms with Gasteiger partial charge in [0, 0.05) is 24.2 Å². The number of guanidine groups is 1. The average Bonchev–Trinajstić information content (AvgIpc) is 3.18. The van der Waals surface area contributed by atoms with Crippen LogP contribution in [0.25, 0.3) is 0 Å². The first-order valence-electron chi connectivity index (χ1n) is 9.28. The fourth-order valence-corrected chi connectivity index (χ4v) is 2.58. The summed E-state index contributed by atoms with van der Waals surface area (Å²) in [5, 5.41) is 10.6. The highest BCUT2D eigenvalue weighted by Crippen LogP contribution is 2.34. The Morgan fingerprint density at radius 3 is 2.29 bits per heavy atom. The van der Waals surface area contributed by atoms with Crippen LogP contribution in [0.2, 0.25) is 0 Å². The number of hydrogen-bond donors (Lipinski definition) is 2. The van der Waals surface area contributed by atoms with Crippen molar-refractivity contribution in [3.63, 3.8) is 0 Å². The van der Waals surface area contributed by atoms with Gasteiger partial charge in [0.15, 0.2) is 23.2 Å². The molecule has 1 aromatic carbocycles. The van der Waals surface area contributed by atoms with Crippen LogP contribution in [-0.4, -0.2) is 39.0 Å². The Morgan fingerprint density at radius 2 is 1.71 bits per heavy atom. The molecular formula is C20H30N4O4. The van der Waals surface area contributed by atoms with Gasteiger partial charge in [0.25, 0.3) is 0 Å². The Labute approximate surface area is 166 Å². The van der Waals surface area contributed by atoms with Crippen LogP contribution >= 0.6 is 0 Å². The van der Waals surface area contributed by atoms with Gasteiger partial charge < -0.3 is 29.4 Å². The number of ether oxygens (including phenoxy) is 3. The van der Waals surface area contributed by atoms with Crippen LogP contribution < -0.4 is 24.8 Å². The molecule has 28 heavy (non-hydrogen) atoms. The van der Waals surface area contributed by atoms with E-state index in [0.29, 0.717) is 42.2 Å². The Bertz CT molecular complexity index is 787. The molecule has 0 bridgehead atoms. The van der Waals surface area contributed by atoms with Crippen molar-refractivity contribution >= 4 is 5.96 Å². The third-order valence-corrected chi connectivity index (χ3v) is 4.14. The zero-order chi connectivity index (χ0) is 20.5. The topological polar surface area (TPSA) is 90.1 Å². The number of aromatic nitrogens is 1. The smallest absolute Gasteiger partial charge is 0.191 e. The van der Waals surface area contributed by atoms with Gasteiger partial charge in [0.05, 0.1) is 40.1 Å². The molecule has 1 aromatic heterocycles. The van der Waals surface area contributed by atoms with E-state index in [2.05, 4.69) is 34.6 Å². The summed E-state index contributed by atoms with van der Waals surface area (Å²) >= 11 is 0. The van der Waals surface area contributed by atoms with Crippen LogP contribution in [0.1, 0.15) is 43.7 Å². The highest BCUT2D eigenvalue weighted by molar-refractivity contribution is 5.79. The van der Waals surface area contributed by atoms with Gasteiger partial charge in [-0.15, -0.1) is 0 Å². The summed E-state index contributed by atoms with van der Waals surface area (Å²) in [6.45, 7) is 7.82. The first-order chi connectivity index (χ1) is 13.5. The van der Waals surface area contributed by atoms with Gasteiger partial charge in [-0.1, -0.05) is 19.0 Å². The molecule has 0 atom stereocenters. The van der Waals surface area contributed by atoms with Crippen molar-refractivity contribution in [2.24, 2.45) is 4.99 Å².